The number of allylic oxidation sites excluding steroid dienone is 4. The van der Waals surface area contributed by atoms with Crippen molar-refractivity contribution >= 4 is 11.3 Å². The summed E-state index contributed by atoms with van der Waals surface area (Å²) in [7, 11) is 0. The van der Waals surface area contributed by atoms with Crippen LogP contribution in [0.5, 0.6) is 0 Å². The predicted molar refractivity (Wildman–Crippen MR) is 75.5 cm³/mol. The summed E-state index contributed by atoms with van der Waals surface area (Å²) in [5.41, 5.74) is 2.92. The third-order valence-electron chi connectivity index (χ3n) is 3.18. The van der Waals surface area contributed by atoms with Gasteiger partial charge in [0.1, 0.15) is 0 Å². The van der Waals surface area contributed by atoms with Crippen LogP contribution in [0.3, 0.4) is 0 Å². The largest absolute Gasteiger partial charge is 0.246 e. The molecule has 1 aromatic heterocycles. The number of rotatable bonds is 6. The Morgan fingerprint density at radius 1 is 1.29 bits per heavy atom. The van der Waals surface area contributed by atoms with E-state index >= 15 is 0 Å². The van der Waals surface area contributed by atoms with Crippen LogP contribution in [0.2, 0.25) is 0 Å². The average Bonchev–Trinajstić information content (AvgIpc) is 2.84. The number of hydrogen-bond donors (Lipinski definition) is 0. The van der Waals surface area contributed by atoms with E-state index in [1.54, 1.807) is 16.9 Å². The first kappa shape index (κ1) is 12.6. The first-order chi connectivity index (χ1) is 8.38. The highest BCUT2D eigenvalue weighted by Gasteiger charge is 2.02. The molecule has 0 spiro atoms. The second-order valence-corrected chi connectivity index (χ2v) is 5.53. The van der Waals surface area contributed by atoms with E-state index in [2.05, 4.69) is 35.5 Å². The molecular weight excluding hydrogens is 226 g/mol. The van der Waals surface area contributed by atoms with Crippen LogP contribution in [0.1, 0.15) is 49.7 Å². The number of unbranched alkanes of at least 4 members (excludes halogenated alkanes) is 1. The zero-order valence-corrected chi connectivity index (χ0v) is 11.4. The molecule has 0 aliphatic heterocycles. The van der Waals surface area contributed by atoms with Gasteiger partial charge in [0, 0.05) is 5.38 Å². The number of aryl methyl sites for hydroxylation is 2. The lowest BCUT2D eigenvalue weighted by atomic mass is 9.99. The highest BCUT2D eigenvalue weighted by Crippen LogP contribution is 2.19. The topological polar surface area (TPSA) is 12.9 Å². The lowest BCUT2D eigenvalue weighted by Crippen LogP contribution is -1.91. The maximum Gasteiger partial charge on any atom is 0.0925 e. The summed E-state index contributed by atoms with van der Waals surface area (Å²) in [6.07, 6.45) is 15.3. The van der Waals surface area contributed by atoms with E-state index in [1.165, 1.54) is 42.8 Å². The monoisotopic (exact) mass is 247 g/mol. The van der Waals surface area contributed by atoms with Crippen LogP contribution in [0, 0.1) is 0 Å². The second-order valence-electron chi connectivity index (χ2n) is 4.58. The maximum atomic E-state index is 4.61. The minimum atomic E-state index is 1.07. The van der Waals surface area contributed by atoms with Gasteiger partial charge < -0.3 is 0 Å². The molecule has 0 bridgehead atoms. The van der Waals surface area contributed by atoms with Gasteiger partial charge in [-0.05, 0) is 44.9 Å². The lowest BCUT2D eigenvalue weighted by molar-refractivity contribution is 0.700. The van der Waals surface area contributed by atoms with Crippen molar-refractivity contribution < 1.29 is 0 Å². The van der Waals surface area contributed by atoms with E-state index in [1.807, 2.05) is 0 Å². The lowest BCUT2D eigenvalue weighted by Gasteiger charge is -2.07. The van der Waals surface area contributed by atoms with Crippen molar-refractivity contribution in [2.24, 2.45) is 0 Å². The fraction of sp³-hybridized carbons (Fsp3) is 0.533. The maximum absolute atomic E-state index is 4.61. The van der Waals surface area contributed by atoms with Gasteiger partial charge in [0.15, 0.2) is 0 Å². The summed E-state index contributed by atoms with van der Waals surface area (Å²) < 4.78 is 0. The van der Waals surface area contributed by atoms with Gasteiger partial charge in [-0.3, -0.25) is 0 Å². The third kappa shape index (κ3) is 4.12. The minimum absolute atomic E-state index is 1.07. The quantitative estimate of drug-likeness (QED) is 0.664. The third-order valence-corrected chi connectivity index (χ3v) is 4.22. The van der Waals surface area contributed by atoms with Crippen molar-refractivity contribution in [2.45, 2.75) is 51.9 Å². The van der Waals surface area contributed by atoms with Gasteiger partial charge in [0.25, 0.3) is 0 Å². The Morgan fingerprint density at radius 3 is 2.88 bits per heavy atom. The zero-order chi connectivity index (χ0) is 11.9. The summed E-state index contributed by atoms with van der Waals surface area (Å²) in [4.78, 5) is 4.61. The van der Waals surface area contributed by atoms with Crippen LogP contribution in [0.4, 0.5) is 0 Å². The van der Waals surface area contributed by atoms with Crippen molar-refractivity contribution in [1.29, 1.82) is 0 Å². The molecular formula is C15H21NS. The van der Waals surface area contributed by atoms with Gasteiger partial charge >= 0.3 is 0 Å². The van der Waals surface area contributed by atoms with E-state index < -0.39 is 0 Å². The van der Waals surface area contributed by atoms with Gasteiger partial charge in [0.05, 0.1) is 10.7 Å². The smallest absolute Gasteiger partial charge is 0.0925 e. The molecule has 0 aromatic carbocycles. The summed E-state index contributed by atoms with van der Waals surface area (Å²) in [5.74, 6) is 0. The highest BCUT2D eigenvalue weighted by molar-refractivity contribution is 7.09. The van der Waals surface area contributed by atoms with Crippen molar-refractivity contribution in [3.05, 3.63) is 39.9 Å². The molecule has 0 fully saturated rings. The molecule has 1 nitrogen and oxygen atoms in total. The molecule has 0 amide bonds. The normalized spacial score (nSPS) is 15.0. The van der Waals surface area contributed by atoms with E-state index in [0.717, 1.165) is 12.8 Å². The molecule has 1 heterocycles. The molecule has 0 N–H and O–H groups in total. The minimum Gasteiger partial charge on any atom is -0.246 e. The Morgan fingerprint density at radius 2 is 2.18 bits per heavy atom. The number of thiazole rings is 1. The summed E-state index contributed by atoms with van der Waals surface area (Å²) in [6.45, 7) is 2.17. The summed E-state index contributed by atoms with van der Waals surface area (Å²) in [5, 5.41) is 3.50. The molecule has 1 aromatic rings. The van der Waals surface area contributed by atoms with E-state index in [-0.39, 0.29) is 0 Å². The molecule has 0 radical (unpaired) electrons. The number of aromatic nitrogens is 1. The molecule has 1 aliphatic rings. The molecule has 2 rings (SSSR count). The van der Waals surface area contributed by atoms with Crippen molar-refractivity contribution in [1.82, 2.24) is 4.98 Å². The van der Waals surface area contributed by atoms with Gasteiger partial charge in [0.2, 0.25) is 0 Å². The molecule has 1 aliphatic carbocycles. The van der Waals surface area contributed by atoms with E-state index in [0.29, 0.717) is 0 Å². The van der Waals surface area contributed by atoms with Crippen LogP contribution >= 0.6 is 11.3 Å². The summed E-state index contributed by atoms with van der Waals surface area (Å²) >= 11 is 1.80. The van der Waals surface area contributed by atoms with E-state index in [4.69, 9.17) is 0 Å². The predicted octanol–water partition coefficient (Wildman–Crippen LogP) is 4.69. The Kier molecular flexibility index (Phi) is 4.99. The Bertz CT molecular complexity index is 401. The van der Waals surface area contributed by atoms with Gasteiger partial charge in [-0.2, -0.15) is 0 Å². The Labute approximate surface area is 108 Å². The molecule has 0 saturated carbocycles. The molecule has 17 heavy (non-hydrogen) atoms. The van der Waals surface area contributed by atoms with Crippen LogP contribution in [-0.2, 0) is 12.8 Å². The number of nitrogens with zero attached hydrogens (tertiary/aromatic N) is 1. The van der Waals surface area contributed by atoms with Crippen molar-refractivity contribution in [3.63, 3.8) is 0 Å². The van der Waals surface area contributed by atoms with Crippen molar-refractivity contribution in [2.75, 3.05) is 0 Å². The van der Waals surface area contributed by atoms with Crippen molar-refractivity contribution in [3.8, 4) is 0 Å². The average molecular weight is 247 g/mol. The second kappa shape index (κ2) is 6.75. The van der Waals surface area contributed by atoms with Gasteiger partial charge in [-0.25, -0.2) is 4.98 Å². The molecule has 0 unspecified atom stereocenters. The van der Waals surface area contributed by atoms with Crippen LogP contribution in [0.25, 0.3) is 0 Å². The Balaban J connectivity index is 1.65. The molecule has 0 saturated heterocycles. The number of hydrogen-bond acceptors (Lipinski definition) is 2. The SMILES string of the molecule is CCc1nc(CCCCC2=CC=CCC2)cs1. The van der Waals surface area contributed by atoms with Crippen LogP contribution in [0.15, 0.2) is 29.2 Å². The summed E-state index contributed by atoms with van der Waals surface area (Å²) in [6, 6.07) is 0. The van der Waals surface area contributed by atoms with Crippen LogP contribution < -0.4 is 0 Å². The van der Waals surface area contributed by atoms with Crippen LogP contribution in [-0.4, -0.2) is 4.98 Å². The van der Waals surface area contributed by atoms with Gasteiger partial charge in [-0.1, -0.05) is 30.7 Å². The standard InChI is InChI=1S/C15H21NS/c1-2-15-16-14(12-17-15)11-7-6-10-13-8-4-3-5-9-13/h3-4,8,12H,2,5-7,9-11H2,1H3. The molecule has 92 valence electrons. The zero-order valence-electron chi connectivity index (χ0n) is 10.6. The first-order valence-corrected chi connectivity index (χ1v) is 7.54. The van der Waals surface area contributed by atoms with Gasteiger partial charge in [-0.15, -0.1) is 11.3 Å². The fourth-order valence-electron chi connectivity index (χ4n) is 2.15. The Hall–Kier alpha value is -0.890. The molecule has 0 atom stereocenters. The fourth-order valence-corrected chi connectivity index (χ4v) is 2.92. The van der Waals surface area contributed by atoms with E-state index in [9.17, 15) is 0 Å². The molecule has 2 heteroatoms. The first-order valence-electron chi connectivity index (χ1n) is 6.66. The highest BCUT2D eigenvalue weighted by atomic mass is 32.1.